The first-order chi connectivity index (χ1) is 35.6. The molecular formula is C61H88O12. The average molecular weight is 1010 g/mol. The number of aliphatic hydroxyl groups excluding tert-OH is 2. The topological polar surface area (TPSA) is 175 Å². The number of carbonyl (C=O) groups is 4. The molecule has 0 amide bonds. The molecule has 0 spiro atoms. The Morgan fingerprint density at radius 1 is 0.466 bits per heavy atom. The number of allylic oxidation sites excluding steroid dienone is 25. The summed E-state index contributed by atoms with van der Waals surface area (Å²) in [5.41, 5.74) is 0. The molecule has 12 nitrogen and oxygen atoms in total. The van der Waals surface area contributed by atoms with Crippen molar-refractivity contribution in [2.75, 3.05) is 13.2 Å². The van der Waals surface area contributed by atoms with E-state index in [0.717, 1.165) is 83.5 Å². The van der Waals surface area contributed by atoms with Crippen LogP contribution < -0.4 is 0 Å². The average Bonchev–Trinajstić information content (AvgIpc) is 3.37. The van der Waals surface area contributed by atoms with Crippen LogP contribution in [0.15, 0.2) is 158 Å². The molecular weight excluding hydrogens is 925 g/mol. The Morgan fingerprint density at radius 2 is 0.877 bits per heavy atom. The number of hydrogen-bond donors (Lipinski definition) is 3. The molecule has 1 saturated heterocycles. The van der Waals surface area contributed by atoms with E-state index in [4.69, 9.17) is 23.7 Å². The van der Waals surface area contributed by atoms with Crippen LogP contribution in [0.5, 0.6) is 0 Å². The minimum Gasteiger partial charge on any atom is -0.479 e. The molecule has 0 aromatic carbocycles. The Bertz CT molecular complexity index is 1870. The third-order valence-corrected chi connectivity index (χ3v) is 10.6. The minimum absolute atomic E-state index is 0.0403. The van der Waals surface area contributed by atoms with Gasteiger partial charge in [0.1, 0.15) is 18.8 Å². The van der Waals surface area contributed by atoms with Crippen molar-refractivity contribution in [1.29, 1.82) is 0 Å². The van der Waals surface area contributed by atoms with E-state index < -0.39 is 73.9 Å². The van der Waals surface area contributed by atoms with E-state index in [1.165, 1.54) is 0 Å². The lowest BCUT2D eigenvalue weighted by atomic mass is 9.98. The second kappa shape index (κ2) is 47.4. The van der Waals surface area contributed by atoms with Crippen LogP contribution in [-0.2, 0) is 42.9 Å². The number of unbranched alkanes of at least 4 members (excludes halogenated alkanes) is 2. The SMILES string of the molecule is CC/C=C\C/C=C\C/C=C\C/C=C\C/C=C\CC(=O)OCC(COC1OC(C(=O)O)C(O)C(O)C1OC(=O)CC/C=C\C/C=C\C/C=C\C/C=C\CC)OC(=O)CCCC/C=C\C/C=C\C/C=C\C/C=C\CC. The fraction of sp³-hybridized carbons (Fsp3) is 0.508. The van der Waals surface area contributed by atoms with Gasteiger partial charge in [-0.05, 0) is 109 Å². The number of ether oxygens (including phenoxy) is 5. The number of carbonyl (C=O) groups excluding carboxylic acids is 3. The molecule has 0 radical (unpaired) electrons. The molecule has 0 aliphatic carbocycles. The maximum Gasteiger partial charge on any atom is 0.335 e. The van der Waals surface area contributed by atoms with Crippen LogP contribution in [0.2, 0.25) is 0 Å². The van der Waals surface area contributed by atoms with Crippen molar-refractivity contribution in [3.8, 4) is 0 Å². The first-order valence-corrected chi connectivity index (χ1v) is 26.5. The highest BCUT2D eigenvalue weighted by Gasteiger charge is 2.50. The normalized spacial score (nSPS) is 19.6. The standard InChI is InChI=1S/C61H88O12/c1-4-7-10-13-16-19-22-25-27-30-32-35-38-41-44-47-53(62)69-50-52(71-54(63)48-45-42-39-36-34-31-28-26-23-20-17-14-11-8-5-2)51-70-61-59(57(66)56(65)58(73-61)60(67)68)72-55(64)49-46-43-40-37-33-29-24-21-18-15-12-9-6-3/h7-12,16-21,25-29,32-36,40-41,43-44,52,56-59,61,65-66H,4-6,13-15,22-24,30-31,37-39,42,45-51H2,1-3H3,(H,67,68)/b10-7-,11-8-,12-9-,19-16-,20-17-,21-18-,27-25-,28-26-,33-29-,35-32-,36-34-,43-40-,44-41-. The van der Waals surface area contributed by atoms with Crippen molar-refractivity contribution in [2.24, 2.45) is 0 Å². The van der Waals surface area contributed by atoms with E-state index in [9.17, 15) is 34.5 Å². The van der Waals surface area contributed by atoms with Gasteiger partial charge in [-0.15, -0.1) is 0 Å². The van der Waals surface area contributed by atoms with E-state index in [2.05, 4.69) is 136 Å². The summed E-state index contributed by atoms with van der Waals surface area (Å²) in [5.74, 6) is -3.49. The molecule has 73 heavy (non-hydrogen) atoms. The summed E-state index contributed by atoms with van der Waals surface area (Å²) >= 11 is 0. The van der Waals surface area contributed by atoms with Crippen LogP contribution in [0.4, 0.5) is 0 Å². The Kier molecular flexibility index (Phi) is 42.4. The Labute approximate surface area is 437 Å². The molecule has 0 bridgehead atoms. The van der Waals surface area contributed by atoms with E-state index in [-0.39, 0.29) is 19.3 Å². The van der Waals surface area contributed by atoms with Crippen molar-refractivity contribution >= 4 is 23.9 Å². The van der Waals surface area contributed by atoms with Gasteiger partial charge < -0.3 is 39.0 Å². The third kappa shape index (κ3) is 37.7. The molecule has 1 aliphatic rings. The fourth-order valence-electron chi connectivity index (χ4n) is 6.68. The highest BCUT2D eigenvalue weighted by Crippen LogP contribution is 2.26. The third-order valence-electron chi connectivity index (χ3n) is 10.6. The van der Waals surface area contributed by atoms with Crippen LogP contribution in [0.25, 0.3) is 0 Å². The molecule has 0 saturated carbocycles. The lowest BCUT2D eigenvalue weighted by molar-refractivity contribution is -0.301. The molecule has 0 aromatic rings. The maximum absolute atomic E-state index is 13.1. The van der Waals surface area contributed by atoms with Gasteiger partial charge in [0.25, 0.3) is 0 Å². The summed E-state index contributed by atoms with van der Waals surface area (Å²) in [4.78, 5) is 50.8. The van der Waals surface area contributed by atoms with Gasteiger partial charge in [0.15, 0.2) is 24.6 Å². The van der Waals surface area contributed by atoms with Gasteiger partial charge in [0, 0.05) is 12.8 Å². The van der Waals surface area contributed by atoms with Gasteiger partial charge in [-0.3, -0.25) is 14.4 Å². The van der Waals surface area contributed by atoms with Crippen molar-refractivity contribution in [3.05, 3.63) is 158 Å². The second-order valence-electron chi connectivity index (χ2n) is 17.0. The molecule has 6 atom stereocenters. The highest BCUT2D eigenvalue weighted by atomic mass is 16.7. The summed E-state index contributed by atoms with van der Waals surface area (Å²) in [5, 5.41) is 31.3. The minimum atomic E-state index is -1.95. The highest BCUT2D eigenvalue weighted by molar-refractivity contribution is 5.74. The van der Waals surface area contributed by atoms with Crippen molar-refractivity contribution < 1.29 is 58.2 Å². The quantitative estimate of drug-likeness (QED) is 0.0229. The number of esters is 3. The smallest absolute Gasteiger partial charge is 0.335 e. The van der Waals surface area contributed by atoms with Crippen LogP contribution >= 0.6 is 0 Å². The largest absolute Gasteiger partial charge is 0.479 e. The molecule has 1 fully saturated rings. The molecule has 1 heterocycles. The van der Waals surface area contributed by atoms with E-state index in [1.54, 1.807) is 6.08 Å². The first kappa shape index (κ1) is 65.4. The zero-order valence-electron chi connectivity index (χ0n) is 44.0. The van der Waals surface area contributed by atoms with Gasteiger partial charge in [0.2, 0.25) is 0 Å². The second-order valence-corrected chi connectivity index (χ2v) is 17.0. The lowest BCUT2D eigenvalue weighted by Gasteiger charge is -2.40. The number of aliphatic hydroxyl groups is 2. The van der Waals surface area contributed by atoms with Crippen molar-refractivity contribution in [2.45, 2.75) is 186 Å². The molecule has 1 aliphatic heterocycles. The number of hydrogen-bond acceptors (Lipinski definition) is 11. The van der Waals surface area contributed by atoms with Crippen LogP contribution in [0.3, 0.4) is 0 Å². The van der Waals surface area contributed by atoms with Gasteiger partial charge in [-0.1, -0.05) is 179 Å². The van der Waals surface area contributed by atoms with Crippen LogP contribution in [0, 0.1) is 0 Å². The summed E-state index contributed by atoms with van der Waals surface area (Å²) in [6.07, 6.45) is 57.0. The number of carboxylic acids is 1. The predicted octanol–water partition coefficient (Wildman–Crippen LogP) is 13.0. The van der Waals surface area contributed by atoms with Crippen LogP contribution in [0.1, 0.15) is 149 Å². The maximum atomic E-state index is 13.1. The summed E-state index contributed by atoms with van der Waals surface area (Å²) in [7, 11) is 0. The number of rotatable bonds is 41. The monoisotopic (exact) mass is 1010 g/mol. The van der Waals surface area contributed by atoms with Gasteiger partial charge >= 0.3 is 23.9 Å². The molecule has 6 unspecified atom stereocenters. The molecule has 1 rings (SSSR count). The summed E-state index contributed by atoms with van der Waals surface area (Å²) < 4.78 is 28.0. The number of aliphatic carboxylic acids is 1. The van der Waals surface area contributed by atoms with Crippen LogP contribution in [-0.4, -0.2) is 89.2 Å². The van der Waals surface area contributed by atoms with Gasteiger partial charge in [0.05, 0.1) is 13.0 Å². The Morgan fingerprint density at radius 3 is 1.32 bits per heavy atom. The summed E-state index contributed by atoms with van der Waals surface area (Å²) in [6.45, 7) is 5.43. The molecule has 12 heteroatoms. The van der Waals surface area contributed by atoms with E-state index >= 15 is 0 Å². The van der Waals surface area contributed by atoms with Crippen molar-refractivity contribution in [3.63, 3.8) is 0 Å². The fourth-order valence-corrected chi connectivity index (χ4v) is 6.68. The first-order valence-electron chi connectivity index (χ1n) is 26.5. The Balaban J connectivity index is 2.87. The van der Waals surface area contributed by atoms with E-state index in [1.807, 2.05) is 36.5 Å². The predicted molar refractivity (Wildman–Crippen MR) is 293 cm³/mol. The molecule has 3 N–H and O–H groups in total. The molecule has 0 aromatic heterocycles. The Hall–Kier alpha value is -5.66. The zero-order valence-corrected chi connectivity index (χ0v) is 44.0. The van der Waals surface area contributed by atoms with Gasteiger partial charge in [-0.2, -0.15) is 0 Å². The number of carboxylic acid groups (broad SMARTS) is 1. The van der Waals surface area contributed by atoms with Gasteiger partial charge in [-0.25, -0.2) is 4.79 Å². The summed E-state index contributed by atoms with van der Waals surface area (Å²) in [6, 6.07) is 0. The molecule has 404 valence electrons. The lowest BCUT2D eigenvalue weighted by Crippen LogP contribution is -2.61. The zero-order chi connectivity index (χ0) is 53.3. The van der Waals surface area contributed by atoms with E-state index in [0.29, 0.717) is 25.7 Å². The van der Waals surface area contributed by atoms with Crippen molar-refractivity contribution in [1.82, 2.24) is 0 Å².